The summed E-state index contributed by atoms with van der Waals surface area (Å²) in [5, 5.41) is 13.7. The van der Waals surface area contributed by atoms with E-state index in [2.05, 4.69) is 21.2 Å². The molecule has 1 amide bonds. The molecule has 0 aliphatic carbocycles. The average Bonchev–Trinajstić information content (AvgIpc) is 2.49. The standard InChI is InChI=1S/C16H15BrClNO2/c1-16(21,11-5-3-2-4-6-11)13-9-12(17)7-8-14(13)19-15(20)10-18/h2-9,21H,10H2,1H3,(H,19,20). The van der Waals surface area contributed by atoms with Gasteiger partial charge in [0, 0.05) is 15.7 Å². The van der Waals surface area contributed by atoms with E-state index in [0.29, 0.717) is 11.3 Å². The maximum absolute atomic E-state index is 11.5. The molecule has 0 saturated heterocycles. The number of nitrogens with one attached hydrogen (secondary N) is 1. The highest BCUT2D eigenvalue weighted by atomic mass is 79.9. The zero-order valence-electron chi connectivity index (χ0n) is 11.4. The monoisotopic (exact) mass is 367 g/mol. The first-order valence-electron chi connectivity index (χ1n) is 6.39. The third-order valence-electron chi connectivity index (χ3n) is 3.24. The molecular weight excluding hydrogens is 354 g/mol. The van der Waals surface area contributed by atoms with Gasteiger partial charge in [-0.3, -0.25) is 4.79 Å². The summed E-state index contributed by atoms with van der Waals surface area (Å²) in [6, 6.07) is 14.6. The van der Waals surface area contributed by atoms with Crippen molar-refractivity contribution in [2.75, 3.05) is 11.2 Å². The maximum Gasteiger partial charge on any atom is 0.239 e. The second-order valence-corrected chi connectivity index (χ2v) is 5.99. The van der Waals surface area contributed by atoms with E-state index >= 15 is 0 Å². The number of amides is 1. The summed E-state index contributed by atoms with van der Waals surface area (Å²) < 4.78 is 0.817. The number of anilines is 1. The Labute approximate surface area is 137 Å². The SMILES string of the molecule is CC(O)(c1ccccc1)c1cc(Br)ccc1NC(=O)CCl. The van der Waals surface area contributed by atoms with Gasteiger partial charge in [0.25, 0.3) is 0 Å². The first-order valence-corrected chi connectivity index (χ1v) is 7.71. The fourth-order valence-corrected chi connectivity index (χ4v) is 2.56. The lowest BCUT2D eigenvalue weighted by Gasteiger charge is -2.27. The normalized spacial score (nSPS) is 13.5. The van der Waals surface area contributed by atoms with E-state index in [-0.39, 0.29) is 11.8 Å². The van der Waals surface area contributed by atoms with Crippen molar-refractivity contribution in [1.82, 2.24) is 0 Å². The molecule has 0 saturated carbocycles. The predicted octanol–water partition coefficient (Wildman–Crippen LogP) is 3.88. The molecule has 0 radical (unpaired) electrons. The molecule has 1 atom stereocenters. The van der Waals surface area contributed by atoms with Crippen molar-refractivity contribution in [2.24, 2.45) is 0 Å². The van der Waals surface area contributed by atoms with Crippen LogP contribution in [0.5, 0.6) is 0 Å². The summed E-state index contributed by atoms with van der Waals surface area (Å²) in [5.41, 5.74) is 0.642. The summed E-state index contributed by atoms with van der Waals surface area (Å²) in [4.78, 5) is 11.5. The fraction of sp³-hybridized carbons (Fsp3) is 0.188. The molecule has 2 aromatic rings. The number of hydrogen-bond donors (Lipinski definition) is 2. The Balaban J connectivity index is 2.51. The van der Waals surface area contributed by atoms with Gasteiger partial charge < -0.3 is 10.4 Å². The first kappa shape index (κ1) is 16.0. The summed E-state index contributed by atoms with van der Waals surface area (Å²) >= 11 is 8.93. The van der Waals surface area contributed by atoms with E-state index < -0.39 is 5.60 Å². The smallest absolute Gasteiger partial charge is 0.239 e. The van der Waals surface area contributed by atoms with Crippen LogP contribution < -0.4 is 5.32 Å². The van der Waals surface area contributed by atoms with Gasteiger partial charge in [0.1, 0.15) is 11.5 Å². The quantitative estimate of drug-likeness (QED) is 0.805. The van der Waals surface area contributed by atoms with Crippen molar-refractivity contribution in [3.8, 4) is 0 Å². The molecule has 21 heavy (non-hydrogen) atoms. The Bertz CT molecular complexity index is 644. The van der Waals surface area contributed by atoms with Gasteiger partial charge in [0.15, 0.2) is 0 Å². The van der Waals surface area contributed by atoms with Crippen LogP contribution in [0.4, 0.5) is 5.69 Å². The molecule has 2 aromatic carbocycles. The lowest BCUT2D eigenvalue weighted by atomic mass is 9.87. The highest BCUT2D eigenvalue weighted by Gasteiger charge is 2.28. The van der Waals surface area contributed by atoms with Gasteiger partial charge in [-0.1, -0.05) is 46.3 Å². The molecule has 0 heterocycles. The maximum atomic E-state index is 11.5. The van der Waals surface area contributed by atoms with Gasteiger partial charge in [0.05, 0.1) is 0 Å². The number of carbonyl (C=O) groups is 1. The molecule has 0 spiro atoms. The second kappa shape index (κ2) is 6.60. The van der Waals surface area contributed by atoms with Crippen LogP contribution in [0.1, 0.15) is 18.1 Å². The fourth-order valence-electron chi connectivity index (χ4n) is 2.13. The molecule has 3 nitrogen and oxygen atoms in total. The third kappa shape index (κ3) is 3.64. The predicted molar refractivity (Wildman–Crippen MR) is 88.6 cm³/mol. The Morgan fingerprint density at radius 2 is 1.95 bits per heavy atom. The number of halogens is 2. The van der Waals surface area contributed by atoms with Gasteiger partial charge >= 0.3 is 0 Å². The zero-order chi connectivity index (χ0) is 15.5. The van der Waals surface area contributed by atoms with Crippen molar-refractivity contribution in [3.05, 3.63) is 64.1 Å². The average molecular weight is 369 g/mol. The van der Waals surface area contributed by atoms with E-state index in [9.17, 15) is 9.90 Å². The number of hydrogen-bond acceptors (Lipinski definition) is 2. The number of carbonyl (C=O) groups excluding carboxylic acids is 1. The Morgan fingerprint density at radius 1 is 1.29 bits per heavy atom. The minimum atomic E-state index is -1.24. The van der Waals surface area contributed by atoms with E-state index in [4.69, 9.17) is 11.6 Å². The Kier molecular flexibility index (Phi) is 5.04. The molecule has 0 aliphatic heterocycles. The van der Waals surface area contributed by atoms with E-state index in [0.717, 1.165) is 10.0 Å². The molecule has 110 valence electrons. The van der Waals surface area contributed by atoms with Crippen LogP contribution in [-0.4, -0.2) is 16.9 Å². The zero-order valence-corrected chi connectivity index (χ0v) is 13.8. The van der Waals surface area contributed by atoms with Crippen LogP contribution in [0, 0.1) is 0 Å². The largest absolute Gasteiger partial charge is 0.381 e. The highest BCUT2D eigenvalue weighted by molar-refractivity contribution is 9.10. The van der Waals surface area contributed by atoms with Gasteiger partial charge in [0.2, 0.25) is 5.91 Å². The number of alkyl halides is 1. The second-order valence-electron chi connectivity index (χ2n) is 4.81. The molecule has 5 heteroatoms. The van der Waals surface area contributed by atoms with Crippen LogP contribution in [0.15, 0.2) is 53.0 Å². The van der Waals surface area contributed by atoms with Crippen LogP contribution in [-0.2, 0) is 10.4 Å². The van der Waals surface area contributed by atoms with Crippen LogP contribution >= 0.6 is 27.5 Å². The molecule has 0 aliphatic rings. The third-order valence-corrected chi connectivity index (χ3v) is 3.97. The lowest BCUT2D eigenvalue weighted by Crippen LogP contribution is -2.26. The van der Waals surface area contributed by atoms with Crippen LogP contribution in [0.3, 0.4) is 0 Å². The van der Waals surface area contributed by atoms with Crippen molar-refractivity contribution < 1.29 is 9.90 Å². The summed E-state index contributed by atoms with van der Waals surface area (Å²) in [6.07, 6.45) is 0. The topological polar surface area (TPSA) is 49.3 Å². The minimum absolute atomic E-state index is 0.136. The Morgan fingerprint density at radius 3 is 2.57 bits per heavy atom. The van der Waals surface area contributed by atoms with E-state index in [1.54, 1.807) is 25.1 Å². The molecule has 0 aromatic heterocycles. The highest BCUT2D eigenvalue weighted by Crippen LogP contribution is 2.35. The molecule has 0 fully saturated rings. The summed E-state index contributed by atoms with van der Waals surface area (Å²) in [5.74, 6) is -0.452. The van der Waals surface area contributed by atoms with Gasteiger partial charge in [-0.05, 0) is 30.7 Å². The van der Waals surface area contributed by atoms with Crippen LogP contribution in [0.25, 0.3) is 0 Å². The molecule has 0 bridgehead atoms. The van der Waals surface area contributed by atoms with E-state index in [1.165, 1.54) is 0 Å². The number of rotatable bonds is 4. The van der Waals surface area contributed by atoms with E-state index in [1.807, 2.05) is 30.3 Å². The summed E-state index contributed by atoms with van der Waals surface area (Å²) in [7, 11) is 0. The Hall–Kier alpha value is -1.36. The van der Waals surface area contributed by atoms with Crippen molar-refractivity contribution in [3.63, 3.8) is 0 Å². The van der Waals surface area contributed by atoms with Gasteiger partial charge in [-0.25, -0.2) is 0 Å². The lowest BCUT2D eigenvalue weighted by molar-refractivity contribution is -0.113. The van der Waals surface area contributed by atoms with Crippen molar-refractivity contribution >= 4 is 39.1 Å². The minimum Gasteiger partial charge on any atom is -0.381 e. The van der Waals surface area contributed by atoms with Crippen LogP contribution in [0.2, 0.25) is 0 Å². The number of benzene rings is 2. The molecular formula is C16H15BrClNO2. The van der Waals surface area contributed by atoms with Crippen molar-refractivity contribution in [2.45, 2.75) is 12.5 Å². The molecule has 1 unspecified atom stereocenters. The van der Waals surface area contributed by atoms with Crippen molar-refractivity contribution in [1.29, 1.82) is 0 Å². The van der Waals surface area contributed by atoms with Gasteiger partial charge in [-0.2, -0.15) is 0 Å². The molecule has 2 rings (SSSR count). The first-order chi connectivity index (χ1) is 9.95. The van der Waals surface area contributed by atoms with Gasteiger partial charge in [-0.15, -0.1) is 11.6 Å². The molecule has 2 N–H and O–H groups in total. The number of aliphatic hydroxyl groups is 1. The summed E-state index contributed by atoms with van der Waals surface area (Å²) in [6.45, 7) is 1.69.